The molecule has 1 fully saturated rings. The van der Waals surface area contributed by atoms with E-state index in [1.165, 1.54) is 16.9 Å². The topological polar surface area (TPSA) is 49.2 Å². The molecule has 0 amide bonds. The summed E-state index contributed by atoms with van der Waals surface area (Å²) in [6.45, 7) is 9.63. The molecule has 0 bridgehead atoms. The molecule has 5 nitrogen and oxygen atoms in total. The fraction of sp³-hybridized carbons (Fsp3) is 0.467. The van der Waals surface area contributed by atoms with Crippen LogP contribution in [0.4, 0.5) is 4.39 Å². The van der Waals surface area contributed by atoms with E-state index in [2.05, 4.69) is 10.1 Å². The van der Waals surface area contributed by atoms with E-state index in [4.69, 9.17) is 9.31 Å². The molecule has 0 saturated carbocycles. The number of aryl methyl sites for hydroxylation is 1. The first-order valence-corrected chi connectivity index (χ1v) is 7.22. The smallest absolute Gasteiger partial charge is 0.399 e. The number of nitrogens with zero attached hydrogens (tertiary/aromatic N) is 3. The third-order valence-corrected chi connectivity index (χ3v) is 4.32. The van der Waals surface area contributed by atoms with Gasteiger partial charge in [-0.2, -0.15) is 5.10 Å². The Morgan fingerprint density at radius 2 is 1.77 bits per heavy atom. The Morgan fingerprint density at radius 3 is 2.27 bits per heavy atom. The number of hydrogen-bond donors (Lipinski definition) is 0. The normalized spacial score (nSPS) is 19.6. The van der Waals surface area contributed by atoms with Crippen LogP contribution in [0.1, 0.15) is 33.3 Å². The van der Waals surface area contributed by atoms with Crippen LogP contribution in [0.3, 0.4) is 0 Å². The van der Waals surface area contributed by atoms with Crippen molar-refractivity contribution in [2.45, 2.75) is 45.8 Å². The first kappa shape index (κ1) is 15.2. The van der Waals surface area contributed by atoms with Crippen molar-refractivity contribution in [3.05, 3.63) is 36.0 Å². The summed E-state index contributed by atoms with van der Waals surface area (Å²) in [7, 11) is -0.758. The van der Waals surface area contributed by atoms with Crippen LogP contribution < -0.4 is 5.46 Å². The number of aromatic nitrogens is 3. The Labute approximate surface area is 129 Å². The predicted molar refractivity (Wildman–Crippen MR) is 81.8 cm³/mol. The van der Waals surface area contributed by atoms with Gasteiger partial charge in [0.15, 0.2) is 5.82 Å². The molecule has 2 aromatic rings. The van der Waals surface area contributed by atoms with Gasteiger partial charge in [-0.3, -0.25) is 0 Å². The van der Waals surface area contributed by atoms with Crippen molar-refractivity contribution in [1.29, 1.82) is 0 Å². The van der Waals surface area contributed by atoms with Gasteiger partial charge in [0.05, 0.1) is 17.4 Å². The minimum absolute atomic E-state index is 0.297. The zero-order valence-corrected chi connectivity index (χ0v) is 13.4. The molecule has 1 aliphatic heterocycles. The molecule has 0 aliphatic carbocycles. The van der Waals surface area contributed by atoms with Crippen LogP contribution in [-0.2, 0) is 9.31 Å². The van der Waals surface area contributed by atoms with Gasteiger partial charge < -0.3 is 9.31 Å². The van der Waals surface area contributed by atoms with Gasteiger partial charge in [-0.15, -0.1) is 0 Å². The van der Waals surface area contributed by atoms with Gasteiger partial charge in [0, 0.05) is 23.9 Å². The van der Waals surface area contributed by atoms with Gasteiger partial charge in [0.25, 0.3) is 0 Å². The lowest BCUT2D eigenvalue weighted by Gasteiger charge is -2.32. The lowest BCUT2D eigenvalue weighted by molar-refractivity contribution is 0.00578. The summed E-state index contributed by atoms with van der Waals surface area (Å²) < 4.78 is 27.7. The summed E-state index contributed by atoms with van der Waals surface area (Å²) in [5.74, 6) is 0.00233. The van der Waals surface area contributed by atoms with E-state index in [-0.39, 0.29) is 0 Å². The summed E-state index contributed by atoms with van der Waals surface area (Å²) in [4.78, 5) is 4.26. The lowest BCUT2D eigenvalue weighted by Crippen LogP contribution is -2.41. The van der Waals surface area contributed by atoms with E-state index >= 15 is 0 Å². The van der Waals surface area contributed by atoms with Crippen LogP contribution in [0.15, 0.2) is 24.7 Å². The average Bonchev–Trinajstić information content (AvgIpc) is 2.91. The van der Waals surface area contributed by atoms with Crippen LogP contribution in [0.5, 0.6) is 0 Å². The Balaban J connectivity index is 1.91. The second-order valence-corrected chi connectivity index (χ2v) is 6.61. The van der Waals surface area contributed by atoms with Crippen LogP contribution in [0, 0.1) is 12.7 Å². The molecule has 0 unspecified atom stereocenters. The minimum atomic E-state index is -0.758. The average molecular weight is 303 g/mol. The molecular weight excluding hydrogens is 284 g/mol. The largest absolute Gasteiger partial charge is 0.499 e. The van der Waals surface area contributed by atoms with Crippen molar-refractivity contribution in [2.75, 3.05) is 0 Å². The maximum Gasteiger partial charge on any atom is 0.499 e. The van der Waals surface area contributed by atoms with Crippen molar-refractivity contribution in [2.24, 2.45) is 0 Å². The SMILES string of the molecule is Cc1cnn(-c2cc(F)c(B3OC(C)(C)C(C)(C)O3)cn2)c1. The van der Waals surface area contributed by atoms with Crippen LogP contribution >= 0.6 is 0 Å². The first-order chi connectivity index (χ1) is 10.2. The van der Waals surface area contributed by atoms with Crippen molar-refractivity contribution >= 4 is 12.6 Å². The van der Waals surface area contributed by atoms with Crippen molar-refractivity contribution in [3.63, 3.8) is 0 Å². The fourth-order valence-corrected chi connectivity index (χ4v) is 2.24. The molecule has 2 aromatic heterocycles. The molecule has 0 N–H and O–H groups in total. The highest BCUT2D eigenvalue weighted by Gasteiger charge is 2.52. The summed E-state index contributed by atoms with van der Waals surface area (Å²) in [5, 5.41) is 4.13. The van der Waals surface area contributed by atoms with E-state index in [1.807, 2.05) is 34.6 Å². The second-order valence-electron chi connectivity index (χ2n) is 6.61. The standard InChI is InChI=1S/C15H19BFN3O2/c1-10-7-19-20(9-10)13-6-12(17)11(8-18-13)16-21-14(2,3)15(4,5)22-16/h6-9H,1-5H3. The monoisotopic (exact) mass is 303 g/mol. The van der Waals surface area contributed by atoms with Crippen LogP contribution in [0.25, 0.3) is 5.82 Å². The van der Waals surface area contributed by atoms with E-state index in [1.54, 1.807) is 12.4 Å². The Kier molecular flexibility index (Phi) is 3.38. The molecule has 7 heteroatoms. The molecule has 22 heavy (non-hydrogen) atoms. The quantitative estimate of drug-likeness (QED) is 0.796. The van der Waals surface area contributed by atoms with Gasteiger partial charge in [-0.1, -0.05) is 0 Å². The molecule has 116 valence electrons. The third kappa shape index (κ3) is 2.44. The number of hydrogen-bond acceptors (Lipinski definition) is 4. The van der Waals surface area contributed by atoms with E-state index in [0.717, 1.165) is 5.56 Å². The Hall–Kier alpha value is -1.73. The van der Waals surface area contributed by atoms with E-state index in [0.29, 0.717) is 11.3 Å². The predicted octanol–water partition coefficient (Wildman–Crippen LogP) is 2.01. The number of halogens is 1. The lowest BCUT2D eigenvalue weighted by atomic mass is 9.80. The molecule has 3 heterocycles. The van der Waals surface area contributed by atoms with Crippen LogP contribution in [0.2, 0.25) is 0 Å². The van der Waals surface area contributed by atoms with Gasteiger partial charge >= 0.3 is 7.12 Å². The highest BCUT2D eigenvalue weighted by atomic mass is 19.1. The fourth-order valence-electron chi connectivity index (χ4n) is 2.24. The van der Waals surface area contributed by atoms with Gasteiger partial charge in [-0.05, 0) is 40.2 Å². The summed E-state index contributed by atoms with van der Waals surface area (Å²) in [5.41, 5.74) is 0.257. The van der Waals surface area contributed by atoms with Gasteiger partial charge in [-0.25, -0.2) is 14.1 Å². The van der Waals surface area contributed by atoms with Crippen LogP contribution in [-0.4, -0.2) is 33.1 Å². The first-order valence-electron chi connectivity index (χ1n) is 7.22. The maximum absolute atomic E-state index is 14.5. The maximum atomic E-state index is 14.5. The molecule has 0 aromatic carbocycles. The van der Waals surface area contributed by atoms with Crippen molar-refractivity contribution < 1.29 is 13.7 Å². The van der Waals surface area contributed by atoms with E-state index in [9.17, 15) is 4.39 Å². The van der Waals surface area contributed by atoms with Crippen molar-refractivity contribution in [3.8, 4) is 5.82 Å². The number of pyridine rings is 1. The third-order valence-electron chi connectivity index (χ3n) is 4.32. The van der Waals surface area contributed by atoms with E-state index < -0.39 is 24.1 Å². The molecule has 3 rings (SSSR count). The summed E-state index contributed by atoms with van der Waals surface area (Å²) in [6, 6.07) is 1.34. The Morgan fingerprint density at radius 1 is 1.14 bits per heavy atom. The zero-order valence-electron chi connectivity index (χ0n) is 13.4. The summed E-state index contributed by atoms with van der Waals surface area (Å²) >= 11 is 0. The summed E-state index contributed by atoms with van der Waals surface area (Å²) in [6.07, 6.45) is 4.93. The molecular formula is C15H19BFN3O2. The van der Waals surface area contributed by atoms with Gasteiger partial charge in [0.2, 0.25) is 0 Å². The molecule has 1 saturated heterocycles. The minimum Gasteiger partial charge on any atom is -0.399 e. The highest BCUT2D eigenvalue weighted by molar-refractivity contribution is 6.62. The highest BCUT2D eigenvalue weighted by Crippen LogP contribution is 2.36. The van der Waals surface area contributed by atoms with Crippen molar-refractivity contribution in [1.82, 2.24) is 14.8 Å². The molecule has 0 radical (unpaired) electrons. The molecule has 1 aliphatic rings. The second kappa shape index (κ2) is 4.89. The number of rotatable bonds is 2. The Bertz CT molecular complexity index is 699. The zero-order chi connectivity index (χ0) is 16.1. The molecule has 0 spiro atoms. The van der Waals surface area contributed by atoms with Gasteiger partial charge in [0.1, 0.15) is 5.82 Å². The molecule has 0 atom stereocenters.